The Morgan fingerprint density at radius 1 is 1.50 bits per heavy atom. The summed E-state index contributed by atoms with van der Waals surface area (Å²) in [6.45, 7) is 1.91. The molecular formula is C11H11FO4. The van der Waals surface area contributed by atoms with Crippen LogP contribution in [0.2, 0.25) is 0 Å². The van der Waals surface area contributed by atoms with Gasteiger partial charge in [-0.1, -0.05) is 6.07 Å². The Bertz CT molecular complexity index is 405. The Kier molecular flexibility index (Phi) is 2.94. The van der Waals surface area contributed by atoms with Gasteiger partial charge in [0, 0.05) is 5.56 Å². The maximum atomic E-state index is 13.6. The number of esters is 1. The SMILES string of the molecule is CCOC(=O)C(F)c1ccc2c(c1)OCO2. The van der Waals surface area contributed by atoms with Gasteiger partial charge in [-0.05, 0) is 19.1 Å². The van der Waals surface area contributed by atoms with Gasteiger partial charge in [-0.3, -0.25) is 0 Å². The first-order valence-corrected chi connectivity index (χ1v) is 4.92. The molecule has 0 aliphatic carbocycles. The third kappa shape index (κ3) is 1.93. The molecule has 0 amide bonds. The van der Waals surface area contributed by atoms with Crippen molar-refractivity contribution in [2.45, 2.75) is 13.1 Å². The molecule has 0 spiro atoms. The highest BCUT2D eigenvalue weighted by atomic mass is 19.1. The van der Waals surface area contributed by atoms with Crippen molar-refractivity contribution in [1.29, 1.82) is 0 Å². The summed E-state index contributed by atoms with van der Waals surface area (Å²) in [5.41, 5.74) is 0.211. The fourth-order valence-electron chi connectivity index (χ4n) is 1.42. The highest BCUT2D eigenvalue weighted by Crippen LogP contribution is 2.35. The van der Waals surface area contributed by atoms with Crippen LogP contribution in [-0.2, 0) is 9.53 Å². The van der Waals surface area contributed by atoms with Crippen molar-refractivity contribution in [2.75, 3.05) is 13.4 Å². The molecule has 16 heavy (non-hydrogen) atoms. The molecule has 86 valence electrons. The second kappa shape index (κ2) is 4.38. The second-order valence-electron chi connectivity index (χ2n) is 3.23. The monoisotopic (exact) mass is 226 g/mol. The summed E-state index contributed by atoms with van der Waals surface area (Å²) >= 11 is 0. The predicted octanol–water partition coefficient (Wildman–Crippen LogP) is 1.99. The van der Waals surface area contributed by atoms with Crippen LogP contribution in [0.5, 0.6) is 11.5 Å². The minimum absolute atomic E-state index is 0.120. The lowest BCUT2D eigenvalue weighted by atomic mass is 10.1. The van der Waals surface area contributed by atoms with Crippen LogP contribution < -0.4 is 9.47 Å². The van der Waals surface area contributed by atoms with E-state index in [0.29, 0.717) is 11.5 Å². The van der Waals surface area contributed by atoms with E-state index >= 15 is 0 Å². The van der Waals surface area contributed by atoms with Crippen LogP contribution in [0.15, 0.2) is 18.2 Å². The molecule has 0 fully saturated rings. The quantitative estimate of drug-likeness (QED) is 0.739. The van der Waals surface area contributed by atoms with Gasteiger partial charge >= 0.3 is 5.97 Å². The van der Waals surface area contributed by atoms with E-state index in [1.54, 1.807) is 13.0 Å². The topological polar surface area (TPSA) is 44.8 Å². The summed E-state index contributed by atoms with van der Waals surface area (Å²) in [4.78, 5) is 11.2. The van der Waals surface area contributed by atoms with Gasteiger partial charge in [0.25, 0.3) is 0 Å². The molecule has 1 aromatic carbocycles. The number of hydrogen-bond donors (Lipinski definition) is 0. The number of fused-ring (bicyclic) bond motifs is 1. The summed E-state index contributed by atoms with van der Waals surface area (Å²) in [5, 5.41) is 0. The average molecular weight is 226 g/mol. The molecular weight excluding hydrogens is 215 g/mol. The molecule has 2 rings (SSSR count). The van der Waals surface area contributed by atoms with Crippen LogP contribution in [0.25, 0.3) is 0 Å². The van der Waals surface area contributed by atoms with Crippen LogP contribution in [0, 0.1) is 0 Å². The van der Waals surface area contributed by atoms with E-state index in [-0.39, 0.29) is 19.0 Å². The van der Waals surface area contributed by atoms with Gasteiger partial charge in [0.1, 0.15) is 0 Å². The largest absolute Gasteiger partial charge is 0.464 e. The first-order chi connectivity index (χ1) is 7.72. The fraction of sp³-hybridized carbons (Fsp3) is 0.364. The van der Waals surface area contributed by atoms with Crippen LogP contribution >= 0.6 is 0 Å². The number of benzene rings is 1. The van der Waals surface area contributed by atoms with E-state index in [4.69, 9.17) is 9.47 Å². The Hall–Kier alpha value is -1.78. The third-order valence-corrected chi connectivity index (χ3v) is 2.18. The van der Waals surface area contributed by atoms with Crippen LogP contribution in [-0.4, -0.2) is 19.4 Å². The highest BCUT2D eigenvalue weighted by Gasteiger charge is 2.23. The normalized spacial score (nSPS) is 14.6. The smallest absolute Gasteiger partial charge is 0.345 e. The van der Waals surface area contributed by atoms with Crippen LogP contribution in [0.1, 0.15) is 18.7 Å². The molecule has 0 aromatic heterocycles. The van der Waals surface area contributed by atoms with Gasteiger partial charge in [0.05, 0.1) is 6.61 Å². The van der Waals surface area contributed by atoms with E-state index in [1.807, 2.05) is 0 Å². The summed E-state index contributed by atoms with van der Waals surface area (Å²) < 4.78 is 28.4. The zero-order chi connectivity index (χ0) is 11.5. The van der Waals surface area contributed by atoms with Crippen molar-refractivity contribution in [2.24, 2.45) is 0 Å². The molecule has 5 heteroatoms. The van der Waals surface area contributed by atoms with E-state index in [1.165, 1.54) is 12.1 Å². The van der Waals surface area contributed by atoms with E-state index < -0.39 is 12.1 Å². The Balaban J connectivity index is 2.18. The minimum atomic E-state index is -1.78. The van der Waals surface area contributed by atoms with E-state index in [9.17, 15) is 9.18 Å². The fourth-order valence-corrected chi connectivity index (χ4v) is 1.42. The van der Waals surface area contributed by atoms with Crippen molar-refractivity contribution >= 4 is 5.97 Å². The lowest BCUT2D eigenvalue weighted by Gasteiger charge is -2.08. The second-order valence-corrected chi connectivity index (χ2v) is 3.23. The first kappa shape index (κ1) is 10.7. The number of carbonyl (C=O) groups excluding carboxylic acids is 1. The van der Waals surface area contributed by atoms with Crippen molar-refractivity contribution in [3.05, 3.63) is 23.8 Å². The molecule has 0 saturated carbocycles. The summed E-state index contributed by atoms with van der Waals surface area (Å²) in [5.74, 6) is 0.116. The number of halogens is 1. The number of alkyl halides is 1. The van der Waals surface area contributed by atoms with E-state index in [2.05, 4.69) is 4.74 Å². The molecule has 0 saturated heterocycles. The summed E-state index contributed by atoms with van der Waals surface area (Å²) in [6, 6.07) is 4.50. The van der Waals surface area contributed by atoms with E-state index in [0.717, 1.165) is 0 Å². The van der Waals surface area contributed by atoms with Crippen molar-refractivity contribution < 1.29 is 23.4 Å². The van der Waals surface area contributed by atoms with Gasteiger partial charge in [-0.15, -0.1) is 0 Å². The summed E-state index contributed by atoms with van der Waals surface area (Å²) in [7, 11) is 0. The lowest BCUT2D eigenvalue weighted by Crippen LogP contribution is -2.11. The number of hydrogen-bond acceptors (Lipinski definition) is 4. The maximum Gasteiger partial charge on any atom is 0.345 e. The Morgan fingerprint density at radius 3 is 3.00 bits per heavy atom. The predicted molar refractivity (Wildman–Crippen MR) is 53.0 cm³/mol. The minimum Gasteiger partial charge on any atom is -0.464 e. The molecule has 1 aliphatic heterocycles. The number of carbonyl (C=O) groups is 1. The molecule has 0 radical (unpaired) electrons. The third-order valence-electron chi connectivity index (χ3n) is 2.18. The first-order valence-electron chi connectivity index (χ1n) is 4.92. The van der Waals surface area contributed by atoms with Crippen LogP contribution in [0.3, 0.4) is 0 Å². The van der Waals surface area contributed by atoms with Gasteiger partial charge in [-0.25, -0.2) is 9.18 Å². The molecule has 0 N–H and O–H groups in total. The average Bonchev–Trinajstić information content (AvgIpc) is 2.75. The number of ether oxygens (including phenoxy) is 3. The number of rotatable bonds is 3. The Morgan fingerprint density at radius 2 is 2.25 bits per heavy atom. The van der Waals surface area contributed by atoms with Crippen molar-refractivity contribution in [3.63, 3.8) is 0 Å². The standard InChI is InChI=1S/C11H11FO4/c1-2-14-11(13)10(12)7-3-4-8-9(5-7)16-6-15-8/h3-5,10H,2,6H2,1H3. The highest BCUT2D eigenvalue weighted by molar-refractivity contribution is 5.76. The van der Waals surface area contributed by atoms with Gasteiger partial charge in [0.15, 0.2) is 11.5 Å². The molecule has 4 nitrogen and oxygen atoms in total. The van der Waals surface area contributed by atoms with Gasteiger partial charge in [-0.2, -0.15) is 0 Å². The van der Waals surface area contributed by atoms with Crippen molar-refractivity contribution in [1.82, 2.24) is 0 Å². The maximum absolute atomic E-state index is 13.6. The molecule has 1 aromatic rings. The summed E-state index contributed by atoms with van der Waals surface area (Å²) in [6.07, 6.45) is -1.78. The van der Waals surface area contributed by atoms with Gasteiger partial charge in [0.2, 0.25) is 13.0 Å². The molecule has 1 atom stereocenters. The lowest BCUT2D eigenvalue weighted by molar-refractivity contribution is -0.149. The van der Waals surface area contributed by atoms with Crippen LogP contribution in [0.4, 0.5) is 4.39 Å². The molecule has 0 bridgehead atoms. The van der Waals surface area contributed by atoms with Crippen molar-refractivity contribution in [3.8, 4) is 11.5 Å². The van der Waals surface area contributed by atoms with Gasteiger partial charge < -0.3 is 14.2 Å². The zero-order valence-corrected chi connectivity index (χ0v) is 8.73. The Labute approximate surface area is 91.9 Å². The zero-order valence-electron chi connectivity index (χ0n) is 8.73. The molecule has 1 unspecified atom stereocenters. The molecule has 1 aliphatic rings. The molecule has 1 heterocycles.